The fraction of sp³-hybridized carbons (Fsp3) is 0.231. The predicted octanol–water partition coefficient (Wildman–Crippen LogP) is 4.33. The Morgan fingerprint density at radius 3 is 1.81 bits per heavy atom. The number of anilines is 3. The fourth-order valence-corrected chi connectivity index (χ4v) is 3.85. The van der Waals surface area contributed by atoms with Crippen LogP contribution in [0.5, 0.6) is 0 Å². The number of carbonyl (C=O) groups is 2. The quantitative estimate of drug-likeness (QED) is 0.613. The third-order valence-electron chi connectivity index (χ3n) is 5.82. The number of nitrogens with one attached hydrogen (secondary N) is 2. The summed E-state index contributed by atoms with van der Waals surface area (Å²) in [4.78, 5) is 29.6. The van der Waals surface area contributed by atoms with Gasteiger partial charge >= 0.3 is 0 Å². The summed E-state index contributed by atoms with van der Waals surface area (Å²) in [5.74, 6) is -0.418. The summed E-state index contributed by atoms with van der Waals surface area (Å²) >= 11 is 0. The van der Waals surface area contributed by atoms with Gasteiger partial charge in [0.05, 0.1) is 0 Å². The molecular weight excluding hydrogens is 400 g/mol. The van der Waals surface area contributed by atoms with Gasteiger partial charge < -0.3 is 20.4 Å². The third-order valence-corrected chi connectivity index (χ3v) is 5.82. The zero-order valence-corrected chi connectivity index (χ0v) is 18.4. The summed E-state index contributed by atoms with van der Waals surface area (Å²) in [7, 11) is 4.24. The van der Waals surface area contributed by atoms with Crippen LogP contribution >= 0.6 is 0 Å². The Bertz CT molecular complexity index is 1060. The van der Waals surface area contributed by atoms with Crippen molar-refractivity contribution in [1.29, 1.82) is 0 Å². The second-order valence-corrected chi connectivity index (χ2v) is 8.25. The van der Waals surface area contributed by atoms with E-state index in [0.717, 1.165) is 30.9 Å². The van der Waals surface area contributed by atoms with Crippen LogP contribution in [0.15, 0.2) is 78.9 Å². The molecule has 2 N–H and O–H groups in total. The molecule has 1 heterocycles. The second-order valence-electron chi connectivity index (χ2n) is 8.25. The van der Waals surface area contributed by atoms with Crippen LogP contribution in [-0.2, 0) is 0 Å². The molecule has 32 heavy (non-hydrogen) atoms. The van der Waals surface area contributed by atoms with Crippen LogP contribution in [-0.4, -0.2) is 49.9 Å². The molecule has 4 rings (SSSR count). The number of rotatable bonds is 6. The van der Waals surface area contributed by atoms with E-state index >= 15 is 0 Å². The molecule has 1 aliphatic rings. The average molecular weight is 429 g/mol. The van der Waals surface area contributed by atoms with E-state index in [4.69, 9.17) is 0 Å². The van der Waals surface area contributed by atoms with Crippen LogP contribution in [0.25, 0.3) is 0 Å². The highest BCUT2D eigenvalue weighted by Gasteiger charge is 2.24. The Labute approximate surface area is 188 Å². The minimum Gasteiger partial charge on any atom is -0.370 e. The Hall–Kier alpha value is -3.64. The number of amides is 2. The van der Waals surface area contributed by atoms with E-state index in [-0.39, 0.29) is 11.8 Å². The Morgan fingerprint density at radius 2 is 1.31 bits per heavy atom. The monoisotopic (exact) mass is 428 g/mol. The van der Waals surface area contributed by atoms with Crippen molar-refractivity contribution in [2.24, 2.45) is 0 Å². The number of para-hydroxylation sites is 1. The van der Waals surface area contributed by atoms with E-state index in [9.17, 15) is 9.59 Å². The topological polar surface area (TPSA) is 64.7 Å². The number of likely N-dealkylation sites (N-methyl/N-ethyl adjacent to an activating group) is 1. The van der Waals surface area contributed by atoms with Crippen molar-refractivity contribution in [1.82, 2.24) is 4.90 Å². The maximum atomic E-state index is 12.6. The number of hydrogen-bond acceptors (Lipinski definition) is 4. The van der Waals surface area contributed by atoms with Gasteiger partial charge in [0.2, 0.25) is 0 Å². The zero-order chi connectivity index (χ0) is 22.5. The van der Waals surface area contributed by atoms with Gasteiger partial charge in [-0.15, -0.1) is 0 Å². The van der Waals surface area contributed by atoms with Gasteiger partial charge in [0, 0.05) is 47.3 Å². The predicted molar refractivity (Wildman–Crippen MR) is 130 cm³/mol. The fourth-order valence-electron chi connectivity index (χ4n) is 3.85. The van der Waals surface area contributed by atoms with Gasteiger partial charge in [0.15, 0.2) is 0 Å². The Morgan fingerprint density at radius 1 is 0.781 bits per heavy atom. The summed E-state index contributed by atoms with van der Waals surface area (Å²) in [6.07, 6.45) is 1.16. The third kappa shape index (κ3) is 5.15. The molecule has 0 radical (unpaired) electrons. The Kier molecular flexibility index (Phi) is 6.52. The highest BCUT2D eigenvalue weighted by Crippen LogP contribution is 2.24. The van der Waals surface area contributed by atoms with Gasteiger partial charge in [0.25, 0.3) is 11.8 Å². The number of benzene rings is 3. The lowest BCUT2D eigenvalue weighted by Gasteiger charge is -2.22. The van der Waals surface area contributed by atoms with E-state index in [1.165, 1.54) is 5.69 Å². The van der Waals surface area contributed by atoms with Crippen LogP contribution in [0.3, 0.4) is 0 Å². The summed E-state index contributed by atoms with van der Waals surface area (Å²) in [5.41, 5.74) is 3.64. The molecule has 3 aromatic rings. The summed E-state index contributed by atoms with van der Waals surface area (Å²) in [6.45, 7) is 2.06. The molecule has 6 nitrogen and oxygen atoms in total. The van der Waals surface area contributed by atoms with Gasteiger partial charge in [-0.1, -0.05) is 18.2 Å². The molecule has 1 fully saturated rings. The average Bonchev–Trinajstić information content (AvgIpc) is 3.31. The molecule has 6 heteroatoms. The van der Waals surface area contributed by atoms with E-state index < -0.39 is 0 Å². The highest BCUT2D eigenvalue weighted by atomic mass is 16.2. The maximum absolute atomic E-state index is 12.6. The first kappa shape index (κ1) is 21.6. The molecule has 0 spiro atoms. The first-order valence-electron chi connectivity index (χ1n) is 10.8. The molecule has 0 aromatic heterocycles. The van der Waals surface area contributed by atoms with Crippen molar-refractivity contribution in [2.45, 2.75) is 12.5 Å². The molecule has 164 valence electrons. The van der Waals surface area contributed by atoms with Crippen LogP contribution in [0.1, 0.15) is 27.1 Å². The Balaban J connectivity index is 1.34. The first-order valence-corrected chi connectivity index (χ1v) is 10.8. The summed E-state index contributed by atoms with van der Waals surface area (Å²) < 4.78 is 0. The van der Waals surface area contributed by atoms with Crippen molar-refractivity contribution >= 4 is 28.9 Å². The largest absolute Gasteiger partial charge is 0.370 e. The zero-order valence-electron chi connectivity index (χ0n) is 18.4. The molecule has 2 amide bonds. The van der Waals surface area contributed by atoms with Gasteiger partial charge in [-0.3, -0.25) is 9.59 Å². The minimum atomic E-state index is -0.211. The number of carbonyl (C=O) groups excluding carboxylic acids is 2. The van der Waals surface area contributed by atoms with Gasteiger partial charge in [-0.25, -0.2) is 0 Å². The lowest BCUT2D eigenvalue weighted by molar-refractivity contribution is 0.101. The summed E-state index contributed by atoms with van der Waals surface area (Å²) in [6, 6.07) is 24.4. The van der Waals surface area contributed by atoms with Gasteiger partial charge in [0.1, 0.15) is 0 Å². The SMILES string of the molecule is CN(C)C1CCN(c2ccc(NC(=O)c3ccc(C(=O)Nc4ccccc4)cc3)cc2)C1. The first-order chi connectivity index (χ1) is 15.5. The van der Waals surface area contributed by atoms with Crippen molar-refractivity contribution in [3.63, 3.8) is 0 Å². The van der Waals surface area contributed by atoms with Gasteiger partial charge in [-0.05, 0) is 81.2 Å². The molecule has 0 aliphatic carbocycles. The van der Waals surface area contributed by atoms with E-state index in [2.05, 4.69) is 34.5 Å². The summed E-state index contributed by atoms with van der Waals surface area (Å²) in [5, 5.41) is 5.76. The van der Waals surface area contributed by atoms with Crippen molar-refractivity contribution in [3.8, 4) is 0 Å². The smallest absolute Gasteiger partial charge is 0.255 e. The molecule has 1 aliphatic heterocycles. The normalized spacial score (nSPS) is 15.6. The second kappa shape index (κ2) is 9.66. The van der Waals surface area contributed by atoms with E-state index in [1.807, 2.05) is 54.6 Å². The minimum absolute atomic E-state index is 0.207. The van der Waals surface area contributed by atoms with Crippen molar-refractivity contribution in [3.05, 3.63) is 90.0 Å². The van der Waals surface area contributed by atoms with Crippen LogP contribution in [0.4, 0.5) is 17.1 Å². The van der Waals surface area contributed by atoms with Gasteiger partial charge in [-0.2, -0.15) is 0 Å². The lowest BCUT2D eigenvalue weighted by Crippen LogP contribution is -2.31. The molecular formula is C26H28N4O2. The van der Waals surface area contributed by atoms with E-state index in [0.29, 0.717) is 17.2 Å². The van der Waals surface area contributed by atoms with Crippen molar-refractivity contribution < 1.29 is 9.59 Å². The number of nitrogens with zero attached hydrogens (tertiary/aromatic N) is 2. The van der Waals surface area contributed by atoms with E-state index in [1.54, 1.807) is 24.3 Å². The molecule has 1 unspecified atom stereocenters. The van der Waals surface area contributed by atoms with Crippen LogP contribution < -0.4 is 15.5 Å². The van der Waals surface area contributed by atoms with Crippen LogP contribution in [0, 0.1) is 0 Å². The standard InChI is InChI=1S/C26H28N4O2/c1-29(2)24-16-17-30(18-24)23-14-12-22(13-15-23)28-26(32)20-10-8-19(9-11-20)25(31)27-21-6-4-3-5-7-21/h3-15,24H,16-18H2,1-2H3,(H,27,31)(H,28,32). The molecule has 1 saturated heterocycles. The highest BCUT2D eigenvalue weighted by molar-refractivity contribution is 6.07. The number of hydrogen-bond donors (Lipinski definition) is 2. The lowest BCUT2D eigenvalue weighted by atomic mass is 10.1. The molecule has 0 bridgehead atoms. The van der Waals surface area contributed by atoms with Crippen LogP contribution in [0.2, 0.25) is 0 Å². The van der Waals surface area contributed by atoms with Crippen molar-refractivity contribution in [2.75, 3.05) is 42.7 Å². The molecule has 0 saturated carbocycles. The molecule has 3 aromatic carbocycles. The molecule has 1 atom stereocenters. The maximum Gasteiger partial charge on any atom is 0.255 e.